The number of hydrogen-bond donors (Lipinski definition) is 0. The Kier molecular flexibility index (Phi) is 2.84. The largest absolute Gasteiger partial charge is 0.294 e. The Morgan fingerprint density at radius 1 is 1.38 bits per heavy atom. The second-order valence-corrected chi connectivity index (χ2v) is 2.46. The Morgan fingerprint density at radius 2 is 2.08 bits per heavy atom. The SMILES string of the molecule is CC(=O)c1ccccc1C#CC#N. The first kappa shape index (κ1) is 9.03. The molecule has 1 rings (SSSR count). The van der Waals surface area contributed by atoms with E-state index in [4.69, 9.17) is 5.26 Å². The fourth-order valence-corrected chi connectivity index (χ4v) is 0.994. The Balaban J connectivity index is 3.22. The first-order chi connectivity index (χ1) is 6.25. The highest BCUT2D eigenvalue weighted by Crippen LogP contribution is 2.07. The van der Waals surface area contributed by atoms with Crippen LogP contribution in [-0.2, 0) is 0 Å². The molecular weight excluding hydrogens is 162 g/mol. The van der Waals surface area contributed by atoms with Crippen molar-refractivity contribution in [2.75, 3.05) is 0 Å². The van der Waals surface area contributed by atoms with E-state index >= 15 is 0 Å². The van der Waals surface area contributed by atoms with E-state index in [1.165, 1.54) is 6.92 Å². The van der Waals surface area contributed by atoms with Crippen molar-refractivity contribution in [3.8, 4) is 17.9 Å². The molecule has 0 N–H and O–H groups in total. The quantitative estimate of drug-likeness (QED) is 0.474. The van der Waals surface area contributed by atoms with Crippen LogP contribution in [-0.4, -0.2) is 5.78 Å². The molecule has 0 aromatic heterocycles. The van der Waals surface area contributed by atoms with Gasteiger partial charge in [0.2, 0.25) is 0 Å². The van der Waals surface area contributed by atoms with Crippen LogP contribution in [0.3, 0.4) is 0 Å². The molecule has 0 radical (unpaired) electrons. The van der Waals surface area contributed by atoms with Crippen LogP contribution in [0.15, 0.2) is 24.3 Å². The third-order valence-corrected chi connectivity index (χ3v) is 1.56. The van der Waals surface area contributed by atoms with Crippen molar-refractivity contribution >= 4 is 5.78 Å². The zero-order valence-corrected chi connectivity index (χ0v) is 7.16. The number of hydrogen-bond acceptors (Lipinski definition) is 2. The molecule has 0 saturated heterocycles. The number of carbonyl (C=O) groups excluding carboxylic acids is 1. The molecule has 0 aliphatic carbocycles. The van der Waals surface area contributed by atoms with Crippen LogP contribution >= 0.6 is 0 Å². The Hall–Kier alpha value is -2.06. The molecule has 62 valence electrons. The van der Waals surface area contributed by atoms with Crippen LogP contribution in [0.4, 0.5) is 0 Å². The molecular formula is C11H7NO. The number of carbonyl (C=O) groups is 1. The number of Topliss-reactive ketones (excluding diaryl/α,β-unsaturated/α-hetero) is 1. The van der Waals surface area contributed by atoms with Crippen LogP contribution in [0.1, 0.15) is 22.8 Å². The summed E-state index contributed by atoms with van der Waals surface area (Å²) >= 11 is 0. The third kappa shape index (κ3) is 2.18. The van der Waals surface area contributed by atoms with E-state index in [9.17, 15) is 4.79 Å². The highest BCUT2D eigenvalue weighted by Gasteiger charge is 2.02. The Labute approximate surface area is 76.8 Å². The van der Waals surface area contributed by atoms with Crippen LogP contribution in [0.5, 0.6) is 0 Å². The molecule has 2 nitrogen and oxygen atoms in total. The molecule has 1 aromatic rings. The number of nitrogens with zero attached hydrogens (tertiary/aromatic N) is 1. The van der Waals surface area contributed by atoms with Gasteiger partial charge in [-0.2, -0.15) is 5.26 Å². The van der Waals surface area contributed by atoms with E-state index in [1.807, 2.05) is 0 Å². The van der Waals surface area contributed by atoms with Crippen molar-refractivity contribution in [2.45, 2.75) is 6.92 Å². The van der Waals surface area contributed by atoms with E-state index in [0.717, 1.165) is 0 Å². The van der Waals surface area contributed by atoms with Crippen LogP contribution in [0, 0.1) is 23.2 Å². The lowest BCUT2D eigenvalue weighted by Crippen LogP contribution is -1.95. The van der Waals surface area contributed by atoms with Gasteiger partial charge in [-0.3, -0.25) is 4.79 Å². The summed E-state index contributed by atoms with van der Waals surface area (Å²) in [5.74, 6) is 4.84. The number of benzene rings is 1. The second kappa shape index (κ2) is 4.09. The Morgan fingerprint density at radius 3 is 2.69 bits per heavy atom. The molecule has 0 unspecified atom stereocenters. The summed E-state index contributed by atoms with van der Waals surface area (Å²) in [6.45, 7) is 1.48. The van der Waals surface area contributed by atoms with Crippen molar-refractivity contribution in [1.82, 2.24) is 0 Å². The molecule has 2 heteroatoms. The van der Waals surface area contributed by atoms with E-state index in [2.05, 4.69) is 11.8 Å². The van der Waals surface area contributed by atoms with Crippen LogP contribution < -0.4 is 0 Å². The van der Waals surface area contributed by atoms with Gasteiger partial charge in [-0.1, -0.05) is 18.2 Å². The van der Waals surface area contributed by atoms with Gasteiger partial charge in [-0.25, -0.2) is 0 Å². The summed E-state index contributed by atoms with van der Waals surface area (Å²) in [7, 11) is 0. The summed E-state index contributed by atoms with van der Waals surface area (Å²) in [6.07, 6.45) is 0. The molecule has 0 aliphatic heterocycles. The van der Waals surface area contributed by atoms with Gasteiger partial charge in [0, 0.05) is 17.0 Å². The fourth-order valence-electron chi connectivity index (χ4n) is 0.994. The monoisotopic (exact) mass is 169 g/mol. The van der Waals surface area contributed by atoms with E-state index in [-0.39, 0.29) is 5.78 Å². The van der Waals surface area contributed by atoms with Gasteiger partial charge in [0.25, 0.3) is 0 Å². The van der Waals surface area contributed by atoms with E-state index in [0.29, 0.717) is 11.1 Å². The van der Waals surface area contributed by atoms with Gasteiger partial charge in [0.05, 0.1) is 0 Å². The standard InChI is InChI=1S/C11H7NO/c1-9(13)11-7-3-2-5-10(11)6-4-8-12/h2-3,5,7H,1H3. The van der Waals surface area contributed by atoms with Crippen molar-refractivity contribution in [1.29, 1.82) is 5.26 Å². The van der Waals surface area contributed by atoms with Crippen molar-refractivity contribution in [3.63, 3.8) is 0 Å². The van der Waals surface area contributed by atoms with Gasteiger partial charge in [0.1, 0.15) is 0 Å². The van der Waals surface area contributed by atoms with E-state index < -0.39 is 0 Å². The lowest BCUT2D eigenvalue weighted by molar-refractivity contribution is 0.101. The molecule has 13 heavy (non-hydrogen) atoms. The third-order valence-electron chi connectivity index (χ3n) is 1.56. The molecule has 0 spiro atoms. The maximum atomic E-state index is 11.1. The molecule has 0 heterocycles. The summed E-state index contributed by atoms with van der Waals surface area (Å²) in [4.78, 5) is 11.1. The van der Waals surface area contributed by atoms with Gasteiger partial charge in [0.15, 0.2) is 11.9 Å². The fraction of sp³-hybridized carbons (Fsp3) is 0.0909. The van der Waals surface area contributed by atoms with Crippen LogP contribution in [0.2, 0.25) is 0 Å². The molecule has 0 fully saturated rings. The Bertz CT molecular complexity index is 429. The highest BCUT2D eigenvalue weighted by atomic mass is 16.1. The van der Waals surface area contributed by atoms with Crippen molar-refractivity contribution in [2.24, 2.45) is 0 Å². The summed E-state index contributed by atoms with van der Waals surface area (Å²) in [6, 6.07) is 8.69. The minimum Gasteiger partial charge on any atom is -0.294 e. The first-order valence-electron chi connectivity index (χ1n) is 3.76. The summed E-state index contributed by atoms with van der Waals surface area (Å²) < 4.78 is 0. The average Bonchev–Trinajstić information content (AvgIpc) is 2.15. The number of nitriles is 1. The topological polar surface area (TPSA) is 40.9 Å². The second-order valence-electron chi connectivity index (χ2n) is 2.46. The molecule has 0 amide bonds. The molecule has 0 bridgehead atoms. The normalized spacial score (nSPS) is 8.00. The van der Waals surface area contributed by atoms with Gasteiger partial charge in [-0.15, -0.1) is 0 Å². The number of ketones is 1. The van der Waals surface area contributed by atoms with Crippen molar-refractivity contribution < 1.29 is 4.79 Å². The predicted octanol–water partition coefficient (Wildman–Crippen LogP) is 1.76. The molecule has 0 atom stereocenters. The van der Waals surface area contributed by atoms with Gasteiger partial charge >= 0.3 is 0 Å². The minimum absolute atomic E-state index is 0.0390. The highest BCUT2D eigenvalue weighted by molar-refractivity contribution is 5.96. The number of rotatable bonds is 1. The van der Waals surface area contributed by atoms with Crippen LogP contribution in [0.25, 0.3) is 0 Å². The first-order valence-corrected chi connectivity index (χ1v) is 3.76. The molecule has 0 saturated carbocycles. The van der Waals surface area contributed by atoms with Gasteiger partial charge in [-0.05, 0) is 18.9 Å². The molecule has 1 aromatic carbocycles. The van der Waals surface area contributed by atoms with Gasteiger partial charge < -0.3 is 0 Å². The maximum Gasteiger partial charge on any atom is 0.161 e. The molecule has 0 aliphatic rings. The van der Waals surface area contributed by atoms with E-state index in [1.54, 1.807) is 30.3 Å². The average molecular weight is 169 g/mol. The summed E-state index contributed by atoms with van der Waals surface area (Å²) in [5.41, 5.74) is 1.17. The zero-order chi connectivity index (χ0) is 9.68. The van der Waals surface area contributed by atoms with Crippen molar-refractivity contribution in [3.05, 3.63) is 35.4 Å². The summed E-state index contributed by atoms with van der Waals surface area (Å²) in [5, 5.41) is 8.25. The predicted molar refractivity (Wildman–Crippen MR) is 48.9 cm³/mol. The lowest BCUT2D eigenvalue weighted by Gasteiger charge is -1.97. The maximum absolute atomic E-state index is 11.1. The zero-order valence-electron chi connectivity index (χ0n) is 7.16. The minimum atomic E-state index is -0.0390. The lowest BCUT2D eigenvalue weighted by atomic mass is 10.1. The smallest absolute Gasteiger partial charge is 0.161 e.